The summed E-state index contributed by atoms with van der Waals surface area (Å²) in [7, 11) is 0. The fourth-order valence-corrected chi connectivity index (χ4v) is 4.13. The molecule has 0 aromatic heterocycles. The molecule has 1 aromatic rings. The van der Waals surface area contributed by atoms with Gasteiger partial charge < -0.3 is 0 Å². The van der Waals surface area contributed by atoms with E-state index in [1.807, 2.05) is 24.3 Å². The van der Waals surface area contributed by atoms with Crippen molar-refractivity contribution in [2.45, 2.75) is 31.2 Å². The predicted molar refractivity (Wildman–Crippen MR) is 73.5 cm³/mol. The smallest absolute Gasteiger partial charge is 0.223 e. The summed E-state index contributed by atoms with van der Waals surface area (Å²) in [6.45, 7) is 0. The second kappa shape index (κ2) is 4.71. The minimum absolute atomic E-state index is 0.0866. The Labute approximate surface area is 119 Å². The molecular formula is C14H14BrNO3. The number of hydrogen-bond donors (Lipinski definition) is 0. The molecule has 19 heavy (non-hydrogen) atoms. The molecule has 4 rings (SSSR count). The van der Waals surface area contributed by atoms with Crippen LogP contribution < -0.4 is 0 Å². The molecule has 0 amide bonds. The molecule has 3 saturated carbocycles. The number of fused-ring (bicyclic) bond motifs is 3. The normalized spacial score (nSPS) is 33.4. The van der Waals surface area contributed by atoms with Crippen molar-refractivity contribution in [3.8, 4) is 0 Å². The third-order valence-electron chi connectivity index (χ3n) is 4.49. The number of rotatable bonds is 2. The largest absolute Gasteiger partial charge is 0.299 e. The van der Waals surface area contributed by atoms with Gasteiger partial charge in [-0.15, -0.1) is 0 Å². The summed E-state index contributed by atoms with van der Waals surface area (Å²) < 4.78 is 0.904. The van der Waals surface area contributed by atoms with Gasteiger partial charge in [0.25, 0.3) is 0 Å². The van der Waals surface area contributed by atoms with Crippen LogP contribution in [-0.2, 0) is 4.79 Å². The highest BCUT2D eigenvalue weighted by atomic mass is 79.9. The van der Waals surface area contributed by atoms with Gasteiger partial charge >= 0.3 is 0 Å². The first-order valence-electron chi connectivity index (χ1n) is 6.49. The van der Waals surface area contributed by atoms with E-state index >= 15 is 0 Å². The van der Waals surface area contributed by atoms with Gasteiger partial charge in [0, 0.05) is 27.7 Å². The fraction of sp³-hybridized carbons (Fsp3) is 0.500. The van der Waals surface area contributed by atoms with Crippen LogP contribution in [0.2, 0.25) is 0 Å². The van der Waals surface area contributed by atoms with E-state index in [1.165, 1.54) is 0 Å². The Morgan fingerprint density at radius 3 is 2.74 bits per heavy atom. The summed E-state index contributed by atoms with van der Waals surface area (Å²) in [6, 6.07) is 6.98. The molecule has 0 heterocycles. The number of halogens is 1. The molecule has 4 nitrogen and oxygen atoms in total. The first kappa shape index (κ1) is 12.8. The van der Waals surface area contributed by atoms with Crippen molar-refractivity contribution < 1.29 is 9.72 Å². The number of Topliss-reactive ketones (excluding diaryl/α,β-unsaturated/α-hetero) is 1. The fourth-order valence-electron chi connectivity index (χ4n) is 3.72. The van der Waals surface area contributed by atoms with Crippen LogP contribution in [0, 0.1) is 22.0 Å². The van der Waals surface area contributed by atoms with Crippen molar-refractivity contribution in [1.82, 2.24) is 0 Å². The number of carbonyl (C=O) groups is 1. The molecule has 3 aliphatic carbocycles. The van der Waals surface area contributed by atoms with E-state index in [0.29, 0.717) is 6.42 Å². The van der Waals surface area contributed by atoms with Gasteiger partial charge in [-0.2, -0.15) is 0 Å². The quantitative estimate of drug-likeness (QED) is 0.620. The lowest BCUT2D eigenvalue weighted by molar-refractivity contribution is -0.542. The third-order valence-corrected chi connectivity index (χ3v) is 4.98. The number of nitro groups is 1. The monoisotopic (exact) mass is 323 g/mol. The summed E-state index contributed by atoms with van der Waals surface area (Å²) in [4.78, 5) is 23.3. The molecule has 0 radical (unpaired) electrons. The lowest BCUT2D eigenvalue weighted by atomic mass is 9.59. The Bertz CT molecular complexity index is 545. The molecule has 0 aliphatic heterocycles. The lowest BCUT2D eigenvalue weighted by Gasteiger charge is -2.42. The number of carbonyl (C=O) groups excluding carboxylic acids is 1. The zero-order valence-electron chi connectivity index (χ0n) is 10.3. The maximum atomic E-state index is 12.1. The first-order valence-corrected chi connectivity index (χ1v) is 7.29. The van der Waals surface area contributed by atoms with Crippen molar-refractivity contribution in [1.29, 1.82) is 0 Å². The van der Waals surface area contributed by atoms with E-state index in [-0.39, 0.29) is 28.5 Å². The van der Waals surface area contributed by atoms with Crippen LogP contribution in [-0.4, -0.2) is 16.7 Å². The Morgan fingerprint density at radius 1 is 1.32 bits per heavy atom. The zero-order valence-corrected chi connectivity index (χ0v) is 11.9. The summed E-state index contributed by atoms with van der Waals surface area (Å²) in [5.74, 6) is -0.307. The van der Waals surface area contributed by atoms with Gasteiger partial charge in [-0.3, -0.25) is 14.9 Å². The highest BCUT2D eigenvalue weighted by Crippen LogP contribution is 2.49. The van der Waals surface area contributed by atoms with E-state index in [0.717, 1.165) is 22.9 Å². The number of ketones is 1. The second-order valence-corrected chi connectivity index (χ2v) is 6.39. The van der Waals surface area contributed by atoms with Gasteiger partial charge in [-0.25, -0.2) is 0 Å². The van der Waals surface area contributed by atoms with Gasteiger partial charge in [0.2, 0.25) is 6.04 Å². The Kier molecular flexibility index (Phi) is 3.17. The van der Waals surface area contributed by atoms with Crippen LogP contribution in [0.25, 0.3) is 0 Å². The number of hydrogen-bond acceptors (Lipinski definition) is 3. The molecule has 3 aliphatic rings. The predicted octanol–water partition coefficient (Wildman–Crippen LogP) is 3.18. The van der Waals surface area contributed by atoms with Crippen LogP contribution in [0.4, 0.5) is 0 Å². The van der Waals surface area contributed by atoms with Crippen molar-refractivity contribution in [2.24, 2.45) is 11.8 Å². The zero-order chi connectivity index (χ0) is 13.6. The summed E-state index contributed by atoms with van der Waals surface area (Å²) in [5.41, 5.74) is 0.916. The van der Waals surface area contributed by atoms with E-state index in [9.17, 15) is 14.9 Å². The molecule has 3 fully saturated rings. The first-order chi connectivity index (χ1) is 9.08. The SMILES string of the molecule is O=C1C[C@@H]2CC[C@H]1[C@H](c1cccc(Br)c1)[C@H]2[N+](=O)[O-]. The number of benzene rings is 1. The van der Waals surface area contributed by atoms with Crippen molar-refractivity contribution in [3.63, 3.8) is 0 Å². The average Bonchev–Trinajstić information content (AvgIpc) is 2.38. The molecule has 0 N–H and O–H groups in total. The maximum Gasteiger partial charge on any atom is 0.223 e. The minimum Gasteiger partial charge on any atom is -0.299 e. The van der Waals surface area contributed by atoms with Crippen LogP contribution in [0.15, 0.2) is 28.7 Å². The van der Waals surface area contributed by atoms with Crippen molar-refractivity contribution in [3.05, 3.63) is 44.4 Å². The van der Waals surface area contributed by atoms with E-state index in [1.54, 1.807) is 0 Å². The molecular weight excluding hydrogens is 310 g/mol. The summed E-state index contributed by atoms with van der Waals surface area (Å²) >= 11 is 3.40. The standard InChI is InChI=1S/C14H14BrNO3/c15-10-3-1-2-8(6-10)13-11-5-4-9(7-12(11)17)14(13)16(18)19/h1-3,6,9,11,13-14H,4-5,7H2/t9-,11+,13-,14-/m0/s1. The Hall–Kier alpha value is -1.23. The molecule has 2 bridgehead atoms. The Balaban J connectivity index is 2.05. The van der Waals surface area contributed by atoms with Crippen LogP contribution >= 0.6 is 15.9 Å². The summed E-state index contributed by atoms with van der Waals surface area (Å²) in [6.07, 6.45) is 2.00. The highest BCUT2D eigenvalue weighted by Gasteiger charge is 2.54. The minimum atomic E-state index is -0.606. The van der Waals surface area contributed by atoms with Gasteiger partial charge in [0.1, 0.15) is 5.78 Å². The van der Waals surface area contributed by atoms with Gasteiger partial charge in [-0.05, 0) is 30.5 Å². The Morgan fingerprint density at radius 2 is 2.11 bits per heavy atom. The van der Waals surface area contributed by atoms with E-state index < -0.39 is 6.04 Å². The number of nitrogens with zero attached hydrogens (tertiary/aromatic N) is 1. The highest BCUT2D eigenvalue weighted by molar-refractivity contribution is 9.10. The topological polar surface area (TPSA) is 60.2 Å². The van der Waals surface area contributed by atoms with Crippen molar-refractivity contribution in [2.75, 3.05) is 0 Å². The molecule has 0 spiro atoms. The van der Waals surface area contributed by atoms with Crippen molar-refractivity contribution >= 4 is 21.7 Å². The van der Waals surface area contributed by atoms with Crippen LogP contribution in [0.1, 0.15) is 30.7 Å². The van der Waals surface area contributed by atoms with Gasteiger partial charge in [0.05, 0.1) is 5.92 Å². The van der Waals surface area contributed by atoms with Crippen LogP contribution in [0.3, 0.4) is 0 Å². The van der Waals surface area contributed by atoms with E-state index in [4.69, 9.17) is 0 Å². The molecule has 0 saturated heterocycles. The molecule has 4 atom stereocenters. The molecule has 100 valence electrons. The second-order valence-electron chi connectivity index (χ2n) is 5.47. The van der Waals surface area contributed by atoms with Gasteiger partial charge in [-0.1, -0.05) is 28.1 Å². The lowest BCUT2D eigenvalue weighted by Crippen LogP contribution is -2.50. The molecule has 5 heteroatoms. The van der Waals surface area contributed by atoms with Gasteiger partial charge in [0.15, 0.2) is 0 Å². The molecule has 0 unspecified atom stereocenters. The van der Waals surface area contributed by atoms with Crippen LogP contribution in [0.5, 0.6) is 0 Å². The summed E-state index contributed by atoms with van der Waals surface area (Å²) in [5, 5.41) is 11.4. The third kappa shape index (κ3) is 2.10. The van der Waals surface area contributed by atoms with E-state index in [2.05, 4.69) is 15.9 Å². The maximum absolute atomic E-state index is 12.1. The molecule has 1 aromatic carbocycles. The average molecular weight is 324 g/mol.